The summed E-state index contributed by atoms with van der Waals surface area (Å²) in [6, 6.07) is 10.7. The molecule has 0 aliphatic heterocycles. The molecule has 5 aromatic rings. The number of nitrogen functional groups attached to an aromatic ring is 1. The number of anilines is 3. The number of nitrogens with zero attached hydrogens (tertiary/aromatic N) is 3. The molecule has 0 aliphatic rings. The van der Waals surface area contributed by atoms with Crippen LogP contribution in [-0.4, -0.2) is 16.0 Å². The summed E-state index contributed by atoms with van der Waals surface area (Å²) in [5, 5.41) is 2.53. The number of carbonyl (C=O) groups excluding carboxylic acids is 1. The maximum atomic E-state index is 14.6. The minimum atomic E-state index is -4.74. The van der Waals surface area contributed by atoms with Gasteiger partial charge in [0.15, 0.2) is 0 Å². The zero-order chi connectivity index (χ0) is 26.3. The fourth-order valence-electron chi connectivity index (χ4n) is 4.07. The normalized spacial score (nSPS) is 11.6. The number of benzene rings is 2. The summed E-state index contributed by atoms with van der Waals surface area (Å²) in [5.41, 5.74) is 13.0. The number of carbonyl (C=O) groups is 1. The number of fused-ring (bicyclic) bond motifs is 1. The van der Waals surface area contributed by atoms with Gasteiger partial charge in [-0.05, 0) is 47.3 Å². The van der Waals surface area contributed by atoms with Crippen LogP contribution in [-0.2, 0) is 6.18 Å². The molecule has 0 aliphatic carbocycles. The molecular formula is C26H17F4N5OS. The summed E-state index contributed by atoms with van der Waals surface area (Å²) in [6.45, 7) is 0. The van der Waals surface area contributed by atoms with Crippen molar-refractivity contribution in [3.8, 4) is 22.3 Å². The summed E-state index contributed by atoms with van der Waals surface area (Å²) in [7, 11) is 0. The van der Waals surface area contributed by atoms with E-state index >= 15 is 0 Å². The maximum Gasteiger partial charge on any atom is 0.416 e. The zero-order valence-corrected chi connectivity index (χ0v) is 19.6. The van der Waals surface area contributed by atoms with Crippen molar-refractivity contribution in [3.63, 3.8) is 0 Å². The van der Waals surface area contributed by atoms with Crippen LogP contribution in [0.5, 0.6) is 0 Å². The lowest BCUT2D eigenvalue weighted by molar-refractivity contribution is -0.137. The van der Waals surface area contributed by atoms with Gasteiger partial charge in [0, 0.05) is 45.4 Å². The molecule has 0 fully saturated rings. The van der Waals surface area contributed by atoms with E-state index in [1.54, 1.807) is 36.8 Å². The second-order valence-corrected chi connectivity index (χ2v) is 8.92. The largest absolute Gasteiger partial charge is 0.416 e. The van der Waals surface area contributed by atoms with Crippen LogP contribution in [0.1, 0.15) is 5.56 Å². The number of hydrogen-bond acceptors (Lipinski definition) is 5. The van der Waals surface area contributed by atoms with Gasteiger partial charge in [-0.2, -0.15) is 13.2 Å². The molecule has 2 amide bonds. The number of primary amides is 1. The van der Waals surface area contributed by atoms with Crippen LogP contribution in [0.4, 0.5) is 39.5 Å². The van der Waals surface area contributed by atoms with Gasteiger partial charge in [-0.3, -0.25) is 9.88 Å². The molecule has 5 rings (SSSR count). The number of aromatic nitrogens is 2. The van der Waals surface area contributed by atoms with Crippen molar-refractivity contribution in [2.75, 3.05) is 10.6 Å². The van der Waals surface area contributed by atoms with Crippen LogP contribution < -0.4 is 16.4 Å². The number of rotatable bonds is 4. The molecule has 0 radical (unpaired) electrons. The Labute approximate surface area is 211 Å². The Morgan fingerprint density at radius 1 is 0.973 bits per heavy atom. The Kier molecular flexibility index (Phi) is 6.00. The Bertz CT molecular complexity index is 1640. The Hall–Kier alpha value is -4.51. The lowest BCUT2D eigenvalue weighted by Crippen LogP contribution is -2.32. The molecule has 37 heavy (non-hydrogen) atoms. The lowest BCUT2D eigenvalue weighted by atomic mass is 10.0. The van der Waals surface area contributed by atoms with E-state index in [0.717, 1.165) is 15.8 Å². The van der Waals surface area contributed by atoms with Crippen molar-refractivity contribution in [1.82, 2.24) is 9.97 Å². The quantitative estimate of drug-likeness (QED) is 0.248. The van der Waals surface area contributed by atoms with Crippen LogP contribution in [0, 0.1) is 5.82 Å². The summed E-state index contributed by atoms with van der Waals surface area (Å²) in [5.74, 6) is -0.757. The molecule has 3 aromatic heterocycles. The molecule has 11 heteroatoms. The molecule has 0 atom stereocenters. The monoisotopic (exact) mass is 523 g/mol. The third-order valence-corrected chi connectivity index (χ3v) is 6.76. The first-order valence-corrected chi connectivity index (χ1v) is 11.7. The molecule has 0 spiro atoms. The zero-order valence-electron chi connectivity index (χ0n) is 18.8. The minimum absolute atomic E-state index is 0.0810. The van der Waals surface area contributed by atoms with E-state index in [0.29, 0.717) is 39.6 Å². The standard InChI is InChI=1S/C26H17F4N5OS/c27-20-7-6-16(26(28,29)30)10-21(20)35(25(32)36)17-5-1-3-14(9-17)19-13-37-23-18(12-34-24(31)22(19)23)15-4-2-8-33-11-15/h1-13H,(H2,31,34)(H2,32,36). The van der Waals surface area contributed by atoms with E-state index in [9.17, 15) is 22.4 Å². The lowest BCUT2D eigenvalue weighted by Gasteiger charge is -2.23. The first-order valence-electron chi connectivity index (χ1n) is 10.8. The summed E-state index contributed by atoms with van der Waals surface area (Å²) < 4.78 is 55.3. The number of urea groups is 1. The average molecular weight is 524 g/mol. The van der Waals surface area contributed by atoms with Gasteiger partial charge in [-0.1, -0.05) is 18.2 Å². The van der Waals surface area contributed by atoms with Gasteiger partial charge < -0.3 is 11.5 Å². The summed E-state index contributed by atoms with van der Waals surface area (Å²) >= 11 is 1.43. The van der Waals surface area contributed by atoms with Gasteiger partial charge in [0.25, 0.3) is 0 Å². The van der Waals surface area contributed by atoms with E-state index in [1.165, 1.54) is 23.5 Å². The minimum Gasteiger partial charge on any atom is -0.383 e. The number of amides is 2. The van der Waals surface area contributed by atoms with Gasteiger partial charge in [-0.25, -0.2) is 14.2 Å². The smallest absolute Gasteiger partial charge is 0.383 e. The van der Waals surface area contributed by atoms with Crippen LogP contribution in [0.15, 0.2) is 78.6 Å². The van der Waals surface area contributed by atoms with Gasteiger partial charge >= 0.3 is 12.2 Å². The van der Waals surface area contributed by atoms with Gasteiger partial charge in [-0.15, -0.1) is 11.3 Å². The Morgan fingerprint density at radius 2 is 1.76 bits per heavy atom. The number of hydrogen-bond donors (Lipinski definition) is 2. The molecule has 2 aromatic carbocycles. The maximum absolute atomic E-state index is 14.6. The average Bonchev–Trinajstić information content (AvgIpc) is 3.32. The van der Waals surface area contributed by atoms with Crippen LogP contribution >= 0.6 is 11.3 Å². The van der Waals surface area contributed by atoms with Crippen LogP contribution in [0.2, 0.25) is 0 Å². The van der Waals surface area contributed by atoms with Gasteiger partial charge in [0.05, 0.1) is 16.9 Å². The van der Waals surface area contributed by atoms with Crippen LogP contribution in [0.3, 0.4) is 0 Å². The third-order valence-electron chi connectivity index (χ3n) is 5.75. The number of halogens is 4. The molecule has 186 valence electrons. The van der Waals surface area contributed by atoms with E-state index < -0.39 is 29.3 Å². The highest BCUT2D eigenvalue weighted by atomic mass is 32.1. The van der Waals surface area contributed by atoms with Gasteiger partial charge in [0.1, 0.15) is 11.6 Å². The first kappa shape index (κ1) is 24.2. The van der Waals surface area contributed by atoms with Gasteiger partial charge in [0.2, 0.25) is 0 Å². The number of alkyl halides is 3. The molecule has 0 saturated heterocycles. The number of thiophene rings is 1. The Morgan fingerprint density at radius 3 is 2.46 bits per heavy atom. The molecule has 0 bridgehead atoms. The highest BCUT2D eigenvalue weighted by Crippen LogP contribution is 2.43. The van der Waals surface area contributed by atoms with Crippen molar-refractivity contribution in [1.29, 1.82) is 0 Å². The molecule has 3 heterocycles. The van der Waals surface area contributed by atoms with Crippen molar-refractivity contribution in [2.45, 2.75) is 6.18 Å². The highest BCUT2D eigenvalue weighted by molar-refractivity contribution is 7.18. The summed E-state index contributed by atoms with van der Waals surface area (Å²) in [6.07, 6.45) is 0.297. The molecule has 0 saturated carbocycles. The molecule has 0 unspecified atom stereocenters. The van der Waals surface area contributed by atoms with Crippen molar-refractivity contribution in [3.05, 3.63) is 89.9 Å². The second-order valence-electron chi connectivity index (χ2n) is 8.04. The first-order chi connectivity index (χ1) is 17.6. The second kappa shape index (κ2) is 9.17. The SMILES string of the molecule is NC(=O)N(c1cccc(-c2csc3c(-c4cccnc4)cnc(N)c23)c1)c1cc(C(F)(F)F)ccc1F. The van der Waals surface area contributed by atoms with Crippen molar-refractivity contribution >= 4 is 44.6 Å². The molecular weight excluding hydrogens is 506 g/mol. The summed E-state index contributed by atoms with van der Waals surface area (Å²) in [4.78, 5) is 21.5. The van der Waals surface area contributed by atoms with E-state index in [1.807, 2.05) is 11.4 Å². The molecule has 4 N–H and O–H groups in total. The highest BCUT2D eigenvalue weighted by Gasteiger charge is 2.32. The topological polar surface area (TPSA) is 98.1 Å². The van der Waals surface area contributed by atoms with E-state index in [2.05, 4.69) is 9.97 Å². The predicted octanol–water partition coefficient (Wildman–Crippen LogP) is 6.98. The fraction of sp³-hybridized carbons (Fsp3) is 0.0385. The predicted molar refractivity (Wildman–Crippen MR) is 136 cm³/mol. The Balaban J connectivity index is 1.65. The van der Waals surface area contributed by atoms with Crippen molar-refractivity contribution < 1.29 is 22.4 Å². The van der Waals surface area contributed by atoms with Crippen molar-refractivity contribution in [2.24, 2.45) is 5.73 Å². The number of nitrogens with two attached hydrogens (primary N) is 2. The van der Waals surface area contributed by atoms with Crippen LogP contribution in [0.25, 0.3) is 32.3 Å². The number of pyridine rings is 2. The fourth-order valence-corrected chi connectivity index (χ4v) is 5.19. The molecule has 6 nitrogen and oxygen atoms in total. The van der Waals surface area contributed by atoms with E-state index in [4.69, 9.17) is 11.5 Å². The third kappa shape index (κ3) is 4.45. The van der Waals surface area contributed by atoms with E-state index in [-0.39, 0.29) is 11.5 Å².